The monoisotopic (exact) mass is 503 g/mol. The van der Waals surface area contributed by atoms with Crippen LogP contribution < -0.4 is 16.0 Å². The number of nitrogens with zero attached hydrogens (tertiary/aromatic N) is 3. The van der Waals surface area contributed by atoms with E-state index in [9.17, 15) is 13.6 Å². The molecule has 1 saturated heterocycles. The summed E-state index contributed by atoms with van der Waals surface area (Å²) >= 11 is 0. The molecule has 0 spiro atoms. The number of hydrogen-bond donors (Lipinski definition) is 2. The van der Waals surface area contributed by atoms with Crippen LogP contribution in [0.2, 0.25) is 0 Å². The van der Waals surface area contributed by atoms with Crippen molar-refractivity contribution in [2.75, 3.05) is 43.4 Å². The first-order valence-electron chi connectivity index (χ1n) is 13.1. The summed E-state index contributed by atoms with van der Waals surface area (Å²) in [4.78, 5) is 21.0. The molecule has 0 radical (unpaired) electrons. The standard InChI is InChI=1S/C29H31F2N5O/c1-17(18-2-3-18)35-10-12-36(13-11-35)22-6-4-19(5-7-22)23-16-24(28(32)34-27(23)31)21-14-20-8-9-33-29(37)26(20)25(30)15-21/h4-7,14-18H,2-3,8-13H2,1H3,(H2,32,34)(H,33,37)/t17-/m1/s1. The number of anilines is 2. The van der Waals surface area contributed by atoms with Crippen molar-refractivity contribution in [3.05, 3.63) is 65.4 Å². The summed E-state index contributed by atoms with van der Waals surface area (Å²) in [5.74, 6) is -0.859. The van der Waals surface area contributed by atoms with Gasteiger partial charge in [-0.25, -0.2) is 9.37 Å². The second-order valence-electron chi connectivity index (χ2n) is 10.4. The summed E-state index contributed by atoms with van der Waals surface area (Å²) in [6.07, 6.45) is 3.24. The molecule has 2 aliphatic heterocycles. The Hall–Kier alpha value is -3.52. The summed E-state index contributed by atoms with van der Waals surface area (Å²) in [5, 5.41) is 2.66. The van der Waals surface area contributed by atoms with Crippen molar-refractivity contribution in [3.63, 3.8) is 0 Å². The van der Waals surface area contributed by atoms with Crippen LogP contribution >= 0.6 is 0 Å². The molecule has 2 aromatic carbocycles. The van der Waals surface area contributed by atoms with Crippen LogP contribution in [0.3, 0.4) is 0 Å². The molecular formula is C29H31F2N5O. The third kappa shape index (κ3) is 4.55. The lowest BCUT2D eigenvalue weighted by Gasteiger charge is -2.39. The molecule has 1 amide bonds. The van der Waals surface area contributed by atoms with Crippen molar-refractivity contribution >= 4 is 17.4 Å². The number of piperazine rings is 1. The largest absolute Gasteiger partial charge is 0.383 e. The van der Waals surface area contributed by atoms with Gasteiger partial charge in [0.15, 0.2) is 0 Å². The minimum absolute atomic E-state index is 0.0178. The molecule has 1 saturated carbocycles. The van der Waals surface area contributed by atoms with Gasteiger partial charge in [-0.15, -0.1) is 0 Å². The molecule has 3 aliphatic rings. The van der Waals surface area contributed by atoms with Crippen molar-refractivity contribution in [2.24, 2.45) is 5.92 Å². The zero-order valence-corrected chi connectivity index (χ0v) is 20.9. The predicted octanol–water partition coefficient (Wildman–Crippen LogP) is 4.48. The molecule has 1 atom stereocenters. The van der Waals surface area contributed by atoms with Crippen LogP contribution in [0, 0.1) is 17.7 Å². The third-order valence-electron chi connectivity index (χ3n) is 8.13. The highest BCUT2D eigenvalue weighted by Gasteiger charge is 2.33. The number of fused-ring (bicyclic) bond motifs is 1. The molecule has 2 fully saturated rings. The number of amides is 1. The lowest BCUT2D eigenvalue weighted by molar-refractivity contribution is 0.0941. The fraction of sp³-hybridized carbons (Fsp3) is 0.379. The van der Waals surface area contributed by atoms with E-state index in [1.807, 2.05) is 24.3 Å². The minimum atomic E-state index is -0.672. The molecule has 1 aromatic heterocycles. The van der Waals surface area contributed by atoms with Gasteiger partial charge in [-0.05, 0) is 79.1 Å². The predicted molar refractivity (Wildman–Crippen MR) is 141 cm³/mol. The Labute approximate surface area is 215 Å². The van der Waals surface area contributed by atoms with Crippen LogP contribution in [0.15, 0.2) is 42.5 Å². The average molecular weight is 504 g/mol. The number of nitrogens with one attached hydrogen (secondary N) is 1. The van der Waals surface area contributed by atoms with E-state index in [1.54, 1.807) is 12.1 Å². The van der Waals surface area contributed by atoms with E-state index in [0.717, 1.165) is 37.8 Å². The summed E-state index contributed by atoms with van der Waals surface area (Å²) in [7, 11) is 0. The van der Waals surface area contributed by atoms with Gasteiger partial charge in [0.05, 0.1) is 5.56 Å². The zero-order chi connectivity index (χ0) is 25.7. The molecule has 6 nitrogen and oxygen atoms in total. The Morgan fingerprint density at radius 2 is 1.73 bits per heavy atom. The van der Waals surface area contributed by atoms with Crippen molar-refractivity contribution < 1.29 is 13.6 Å². The second-order valence-corrected chi connectivity index (χ2v) is 10.4. The van der Waals surface area contributed by atoms with Gasteiger partial charge in [0, 0.05) is 55.6 Å². The van der Waals surface area contributed by atoms with E-state index in [0.29, 0.717) is 46.8 Å². The number of rotatable bonds is 5. The number of benzene rings is 2. The first kappa shape index (κ1) is 23.9. The summed E-state index contributed by atoms with van der Waals surface area (Å²) in [6.45, 7) is 6.84. The quantitative estimate of drug-likeness (QED) is 0.502. The number of nitrogens with two attached hydrogens (primary N) is 1. The zero-order valence-electron chi connectivity index (χ0n) is 20.9. The van der Waals surface area contributed by atoms with E-state index in [2.05, 4.69) is 27.0 Å². The Bertz CT molecular complexity index is 1350. The highest BCUT2D eigenvalue weighted by Crippen LogP contribution is 2.37. The minimum Gasteiger partial charge on any atom is -0.383 e. The van der Waals surface area contributed by atoms with Crippen molar-refractivity contribution in [3.8, 4) is 22.3 Å². The summed E-state index contributed by atoms with van der Waals surface area (Å²) in [5.41, 5.74) is 9.74. The topological polar surface area (TPSA) is 74.5 Å². The smallest absolute Gasteiger partial charge is 0.254 e. The highest BCUT2D eigenvalue weighted by molar-refractivity contribution is 5.98. The van der Waals surface area contributed by atoms with Gasteiger partial charge in [-0.3, -0.25) is 9.69 Å². The van der Waals surface area contributed by atoms with Gasteiger partial charge < -0.3 is 16.0 Å². The van der Waals surface area contributed by atoms with E-state index in [-0.39, 0.29) is 11.4 Å². The fourth-order valence-corrected chi connectivity index (χ4v) is 5.72. The van der Waals surface area contributed by atoms with E-state index in [4.69, 9.17) is 5.73 Å². The first-order chi connectivity index (χ1) is 17.9. The molecule has 1 aliphatic carbocycles. The molecule has 192 valence electrons. The van der Waals surface area contributed by atoms with Crippen molar-refractivity contribution in [1.29, 1.82) is 0 Å². The van der Waals surface area contributed by atoms with Gasteiger partial charge in [0.25, 0.3) is 5.91 Å². The fourth-order valence-electron chi connectivity index (χ4n) is 5.72. The van der Waals surface area contributed by atoms with Crippen LogP contribution in [-0.2, 0) is 6.42 Å². The normalized spacial score (nSPS) is 18.9. The van der Waals surface area contributed by atoms with Gasteiger partial charge >= 0.3 is 0 Å². The van der Waals surface area contributed by atoms with Crippen LogP contribution in [0.4, 0.5) is 20.3 Å². The van der Waals surface area contributed by atoms with E-state index >= 15 is 0 Å². The Morgan fingerprint density at radius 3 is 2.43 bits per heavy atom. The molecule has 8 heteroatoms. The number of halogens is 2. The second kappa shape index (κ2) is 9.41. The maximum Gasteiger partial charge on any atom is 0.254 e. The van der Waals surface area contributed by atoms with Gasteiger partial charge in [-0.2, -0.15) is 4.39 Å². The third-order valence-corrected chi connectivity index (χ3v) is 8.13. The average Bonchev–Trinajstić information content (AvgIpc) is 3.74. The maximum absolute atomic E-state index is 14.9. The van der Waals surface area contributed by atoms with Crippen LogP contribution in [0.1, 0.15) is 35.7 Å². The van der Waals surface area contributed by atoms with Crippen molar-refractivity contribution in [1.82, 2.24) is 15.2 Å². The van der Waals surface area contributed by atoms with Crippen molar-refractivity contribution in [2.45, 2.75) is 32.2 Å². The van der Waals surface area contributed by atoms with Crippen LogP contribution in [-0.4, -0.2) is 54.6 Å². The lowest BCUT2D eigenvalue weighted by Crippen LogP contribution is -2.50. The Balaban J connectivity index is 1.24. The first-order valence-corrected chi connectivity index (χ1v) is 13.1. The Morgan fingerprint density at radius 1 is 1.00 bits per heavy atom. The molecule has 3 aromatic rings. The maximum atomic E-state index is 14.9. The lowest BCUT2D eigenvalue weighted by atomic mass is 9.93. The number of nitrogen functional groups attached to an aromatic ring is 1. The Kier molecular flexibility index (Phi) is 6.07. The molecule has 6 rings (SSSR count). The molecule has 0 unspecified atom stereocenters. The molecule has 0 bridgehead atoms. The number of aromatic nitrogens is 1. The number of carbonyl (C=O) groups excluding carboxylic acids is 1. The van der Waals surface area contributed by atoms with Crippen LogP contribution in [0.25, 0.3) is 22.3 Å². The van der Waals surface area contributed by atoms with E-state index in [1.165, 1.54) is 18.9 Å². The van der Waals surface area contributed by atoms with Crippen LogP contribution in [0.5, 0.6) is 0 Å². The highest BCUT2D eigenvalue weighted by atomic mass is 19.1. The molecule has 3 N–H and O–H groups in total. The van der Waals surface area contributed by atoms with Gasteiger partial charge in [0.1, 0.15) is 11.6 Å². The van der Waals surface area contributed by atoms with Gasteiger partial charge in [-0.1, -0.05) is 12.1 Å². The molecule has 3 heterocycles. The molecular weight excluding hydrogens is 472 g/mol. The summed E-state index contributed by atoms with van der Waals surface area (Å²) in [6, 6.07) is 13.1. The van der Waals surface area contributed by atoms with Gasteiger partial charge in [0.2, 0.25) is 5.95 Å². The summed E-state index contributed by atoms with van der Waals surface area (Å²) < 4.78 is 29.8. The number of pyridine rings is 1. The number of carbonyl (C=O) groups is 1. The number of hydrogen-bond acceptors (Lipinski definition) is 5. The SMILES string of the molecule is C[C@H](C1CC1)N1CCN(c2ccc(-c3cc(-c4cc(F)c5c(c4)CCNC5=O)c(N)nc3F)cc2)CC1. The molecule has 37 heavy (non-hydrogen) atoms. The van der Waals surface area contributed by atoms with E-state index < -0.39 is 17.7 Å².